The van der Waals surface area contributed by atoms with E-state index in [4.69, 9.17) is 9.47 Å². The first-order valence-electron chi connectivity index (χ1n) is 8.40. The number of aryl methyl sites for hydroxylation is 1. The predicted octanol–water partition coefficient (Wildman–Crippen LogP) is 4.56. The molecule has 3 nitrogen and oxygen atoms in total. The highest BCUT2D eigenvalue weighted by Gasteiger charge is 2.26. The highest BCUT2D eigenvalue weighted by Crippen LogP contribution is 2.36. The molecule has 1 heterocycles. The smallest absolute Gasteiger partial charge is 0.147 e. The van der Waals surface area contributed by atoms with Crippen LogP contribution in [-0.4, -0.2) is 18.4 Å². The van der Waals surface area contributed by atoms with Crippen molar-refractivity contribution in [3.05, 3.63) is 65.7 Å². The maximum absolute atomic E-state index is 6.07. The molecule has 3 rings (SSSR count). The summed E-state index contributed by atoms with van der Waals surface area (Å²) in [6.07, 6.45) is 2.12. The molecule has 1 unspecified atom stereocenters. The average molecular weight is 323 g/mol. The second-order valence-electron chi connectivity index (χ2n) is 6.83. The quantitative estimate of drug-likeness (QED) is 0.818. The SMILES string of the molecule is Cc1ccc2c(c1)C(CNC(C)Oc1ccccc1)=CC(C)(C)O2. The maximum Gasteiger partial charge on any atom is 0.147 e. The summed E-state index contributed by atoms with van der Waals surface area (Å²) in [4.78, 5) is 0. The van der Waals surface area contributed by atoms with Gasteiger partial charge in [0, 0.05) is 12.1 Å². The fourth-order valence-electron chi connectivity index (χ4n) is 2.94. The molecule has 2 aromatic rings. The van der Waals surface area contributed by atoms with Crippen molar-refractivity contribution < 1.29 is 9.47 Å². The number of nitrogens with one attached hydrogen (secondary N) is 1. The highest BCUT2D eigenvalue weighted by atomic mass is 16.5. The molecule has 2 aromatic carbocycles. The van der Waals surface area contributed by atoms with Crippen LogP contribution < -0.4 is 14.8 Å². The van der Waals surface area contributed by atoms with Gasteiger partial charge >= 0.3 is 0 Å². The lowest BCUT2D eigenvalue weighted by Gasteiger charge is -2.32. The Bertz CT molecular complexity index is 735. The summed E-state index contributed by atoms with van der Waals surface area (Å²) in [5.41, 5.74) is 3.33. The molecule has 0 aromatic heterocycles. The van der Waals surface area contributed by atoms with Gasteiger partial charge < -0.3 is 9.47 Å². The van der Waals surface area contributed by atoms with E-state index >= 15 is 0 Å². The van der Waals surface area contributed by atoms with Crippen LogP contribution in [0.1, 0.15) is 31.9 Å². The number of hydrogen-bond donors (Lipinski definition) is 1. The molecule has 126 valence electrons. The Morgan fingerprint density at radius 3 is 2.62 bits per heavy atom. The molecule has 0 radical (unpaired) electrons. The molecular formula is C21H25NO2. The first-order valence-corrected chi connectivity index (χ1v) is 8.40. The summed E-state index contributed by atoms with van der Waals surface area (Å²) in [6.45, 7) is 9.03. The van der Waals surface area contributed by atoms with Crippen molar-refractivity contribution >= 4 is 5.57 Å². The molecule has 1 aliphatic heterocycles. The van der Waals surface area contributed by atoms with Crippen LogP contribution in [0.4, 0.5) is 0 Å². The standard InChI is InChI=1S/C21H25NO2/c1-15-10-11-20-19(12-15)17(13-21(3,4)24-20)14-22-16(2)23-18-8-6-5-7-9-18/h5-13,16,22H,14H2,1-4H3. The fourth-order valence-corrected chi connectivity index (χ4v) is 2.94. The van der Waals surface area contributed by atoms with E-state index in [1.165, 1.54) is 11.1 Å². The minimum atomic E-state index is -0.303. The minimum absolute atomic E-state index is 0.0764. The molecular weight excluding hydrogens is 298 g/mol. The second-order valence-corrected chi connectivity index (χ2v) is 6.83. The molecule has 1 atom stereocenters. The Morgan fingerprint density at radius 2 is 1.88 bits per heavy atom. The summed E-state index contributed by atoms with van der Waals surface area (Å²) in [7, 11) is 0. The van der Waals surface area contributed by atoms with Gasteiger partial charge in [0.05, 0.1) is 0 Å². The molecule has 0 aliphatic carbocycles. The van der Waals surface area contributed by atoms with Crippen molar-refractivity contribution in [3.63, 3.8) is 0 Å². The number of hydrogen-bond acceptors (Lipinski definition) is 3. The monoisotopic (exact) mass is 323 g/mol. The van der Waals surface area contributed by atoms with Crippen molar-refractivity contribution in [3.8, 4) is 11.5 Å². The zero-order valence-corrected chi connectivity index (χ0v) is 14.8. The van der Waals surface area contributed by atoms with Crippen LogP contribution in [0, 0.1) is 6.92 Å². The third-order valence-electron chi connectivity index (χ3n) is 4.01. The van der Waals surface area contributed by atoms with Gasteiger partial charge in [-0.1, -0.05) is 29.8 Å². The van der Waals surface area contributed by atoms with E-state index in [1.54, 1.807) is 0 Å². The molecule has 1 aliphatic rings. The van der Waals surface area contributed by atoms with Gasteiger partial charge in [-0.15, -0.1) is 0 Å². The third kappa shape index (κ3) is 3.98. The summed E-state index contributed by atoms with van der Waals surface area (Å²) >= 11 is 0. The van der Waals surface area contributed by atoms with Gasteiger partial charge in [-0.05, 0) is 63.6 Å². The predicted molar refractivity (Wildman–Crippen MR) is 98.4 cm³/mol. The van der Waals surface area contributed by atoms with Crippen molar-refractivity contribution in [2.75, 3.05) is 6.54 Å². The molecule has 1 N–H and O–H groups in total. The Balaban J connectivity index is 1.71. The van der Waals surface area contributed by atoms with Crippen LogP contribution in [0.2, 0.25) is 0 Å². The lowest BCUT2D eigenvalue weighted by molar-refractivity contribution is 0.156. The molecule has 0 amide bonds. The first kappa shape index (κ1) is 16.6. The minimum Gasteiger partial charge on any atom is -0.483 e. The Morgan fingerprint density at radius 1 is 1.12 bits per heavy atom. The normalized spacial score (nSPS) is 16.6. The summed E-state index contributed by atoms with van der Waals surface area (Å²) in [6, 6.07) is 16.2. The summed E-state index contributed by atoms with van der Waals surface area (Å²) in [5.74, 6) is 1.82. The van der Waals surface area contributed by atoms with Crippen LogP contribution in [-0.2, 0) is 0 Å². The van der Waals surface area contributed by atoms with Gasteiger partial charge in [0.2, 0.25) is 0 Å². The number of ether oxygens (including phenoxy) is 2. The molecule has 0 fully saturated rings. The average Bonchev–Trinajstić information content (AvgIpc) is 2.53. The van der Waals surface area contributed by atoms with Crippen molar-refractivity contribution in [2.24, 2.45) is 0 Å². The Kier molecular flexibility index (Phi) is 4.63. The van der Waals surface area contributed by atoms with Crippen LogP contribution in [0.25, 0.3) is 5.57 Å². The maximum atomic E-state index is 6.07. The van der Waals surface area contributed by atoms with Gasteiger partial charge in [0.1, 0.15) is 23.3 Å². The molecule has 0 bridgehead atoms. The van der Waals surface area contributed by atoms with Gasteiger partial charge in [-0.25, -0.2) is 0 Å². The van der Waals surface area contributed by atoms with Crippen molar-refractivity contribution in [1.29, 1.82) is 0 Å². The van der Waals surface area contributed by atoms with E-state index in [0.29, 0.717) is 0 Å². The Hall–Kier alpha value is -2.26. The lowest BCUT2D eigenvalue weighted by Crippen LogP contribution is -2.35. The van der Waals surface area contributed by atoms with E-state index < -0.39 is 0 Å². The molecule has 0 saturated heterocycles. The Labute approximate surface area is 144 Å². The van der Waals surface area contributed by atoms with E-state index in [2.05, 4.69) is 50.4 Å². The topological polar surface area (TPSA) is 30.5 Å². The number of rotatable bonds is 5. The van der Waals surface area contributed by atoms with Crippen LogP contribution in [0.3, 0.4) is 0 Å². The van der Waals surface area contributed by atoms with Gasteiger partial charge in [0.15, 0.2) is 0 Å². The van der Waals surface area contributed by atoms with Crippen LogP contribution in [0.15, 0.2) is 54.6 Å². The van der Waals surface area contributed by atoms with E-state index in [0.717, 1.165) is 23.6 Å². The van der Waals surface area contributed by atoms with E-state index in [1.807, 2.05) is 37.3 Å². The van der Waals surface area contributed by atoms with Crippen LogP contribution in [0.5, 0.6) is 11.5 Å². The van der Waals surface area contributed by atoms with Gasteiger partial charge in [-0.2, -0.15) is 0 Å². The first-order chi connectivity index (χ1) is 11.4. The van der Waals surface area contributed by atoms with Gasteiger partial charge in [0.25, 0.3) is 0 Å². The summed E-state index contributed by atoms with van der Waals surface area (Å²) in [5, 5.41) is 3.45. The number of benzene rings is 2. The fraction of sp³-hybridized carbons (Fsp3) is 0.333. The van der Waals surface area contributed by atoms with Gasteiger partial charge in [-0.3, -0.25) is 5.32 Å². The molecule has 0 saturated carbocycles. The highest BCUT2D eigenvalue weighted by molar-refractivity contribution is 5.75. The molecule has 3 heteroatoms. The molecule has 24 heavy (non-hydrogen) atoms. The third-order valence-corrected chi connectivity index (χ3v) is 4.01. The molecule has 0 spiro atoms. The lowest BCUT2D eigenvalue weighted by atomic mass is 9.93. The number of fused-ring (bicyclic) bond motifs is 1. The second kappa shape index (κ2) is 6.70. The zero-order chi connectivity index (χ0) is 17.2. The van der Waals surface area contributed by atoms with E-state index in [-0.39, 0.29) is 11.8 Å². The zero-order valence-electron chi connectivity index (χ0n) is 14.8. The van der Waals surface area contributed by atoms with Crippen molar-refractivity contribution in [2.45, 2.75) is 39.5 Å². The largest absolute Gasteiger partial charge is 0.483 e. The van der Waals surface area contributed by atoms with Crippen molar-refractivity contribution in [1.82, 2.24) is 5.32 Å². The van der Waals surface area contributed by atoms with Crippen LogP contribution >= 0.6 is 0 Å². The van der Waals surface area contributed by atoms with E-state index in [9.17, 15) is 0 Å². The number of para-hydroxylation sites is 1. The summed E-state index contributed by atoms with van der Waals surface area (Å²) < 4.78 is 12.0.